The van der Waals surface area contributed by atoms with Crippen molar-refractivity contribution < 1.29 is 4.79 Å². The van der Waals surface area contributed by atoms with Crippen LogP contribution in [0.2, 0.25) is 5.02 Å². The predicted octanol–water partition coefficient (Wildman–Crippen LogP) is 3.61. The van der Waals surface area contributed by atoms with E-state index in [1.54, 1.807) is 24.3 Å². The van der Waals surface area contributed by atoms with Crippen LogP contribution < -0.4 is 20.7 Å². The maximum absolute atomic E-state index is 12.0. The second-order valence-electron chi connectivity index (χ2n) is 5.26. The smallest absolute Gasteiger partial charge is 0.329 e. The van der Waals surface area contributed by atoms with Gasteiger partial charge < -0.3 is 16.0 Å². The molecule has 0 atom stereocenters. The zero-order chi connectivity index (χ0) is 18.2. The fourth-order valence-corrected chi connectivity index (χ4v) is 2.37. The number of hydrogen-bond acceptors (Lipinski definition) is 7. The Hall–Kier alpha value is -2.26. The van der Waals surface area contributed by atoms with Gasteiger partial charge in [-0.3, -0.25) is 4.72 Å². The van der Waals surface area contributed by atoms with Gasteiger partial charge in [-0.2, -0.15) is 15.0 Å². The fraction of sp³-hybridized carbons (Fsp3) is 0.333. The molecule has 2 aromatic rings. The average Bonchev–Trinajstić information content (AvgIpc) is 2.55. The highest BCUT2D eigenvalue weighted by Crippen LogP contribution is 2.16. The summed E-state index contributed by atoms with van der Waals surface area (Å²) in [6.45, 7) is 6.60. The topological polar surface area (TPSA) is 104 Å². The Kier molecular flexibility index (Phi) is 7.08. The number of nitrogens with zero attached hydrogens (tertiary/aromatic N) is 3. The molecular formula is C15H20ClN7OS. The van der Waals surface area contributed by atoms with Crippen molar-refractivity contribution in [2.45, 2.75) is 32.0 Å². The molecule has 134 valence electrons. The number of carbonyl (C=O) groups excluding carboxylic acids is 1. The van der Waals surface area contributed by atoms with Crippen molar-refractivity contribution in [3.63, 3.8) is 0 Å². The first kappa shape index (κ1) is 19.1. The Morgan fingerprint density at radius 2 is 1.84 bits per heavy atom. The summed E-state index contributed by atoms with van der Waals surface area (Å²) in [5, 5.41) is 9.83. The van der Waals surface area contributed by atoms with Crippen LogP contribution in [0.1, 0.15) is 20.8 Å². The molecular weight excluding hydrogens is 362 g/mol. The summed E-state index contributed by atoms with van der Waals surface area (Å²) in [7, 11) is 0. The van der Waals surface area contributed by atoms with Gasteiger partial charge in [-0.05, 0) is 45.0 Å². The summed E-state index contributed by atoms with van der Waals surface area (Å²) in [6, 6.07) is 6.60. The van der Waals surface area contributed by atoms with Gasteiger partial charge in [0.25, 0.3) is 0 Å². The number of rotatable bonds is 7. The van der Waals surface area contributed by atoms with Crippen LogP contribution in [0.25, 0.3) is 0 Å². The van der Waals surface area contributed by atoms with Gasteiger partial charge in [0.1, 0.15) is 0 Å². The van der Waals surface area contributed by atoms with Crippen molar-refractivity contribution in [1.82, 2.24) is 19.7 Å². The molecule has 0 bridgehead atoms. The van der Waals surface area contributed by atoms with E-state index in [0.717, 1.165) is 11.9 Å². The van der Waals surface area contributed by atoms with E-state index >= 15 is 0 Å². The molecule has 8 nitrogen and oxygen atoms in total. The first-order valence-corrected chi connectivity index (χ1v) is 8.91. The molecule has 0 saturated heterocycles. The minimum absolute atomic E-state index is 0.177. The van der Waals surface area contributed by atoms with Crippen LogP contribution in [0, 0.1) is 0 Å². The van der Waals surface area contributed by atoms with Gasteiger partial charge >= 0.3 is 6.03 Å². The molecule has 0 spiro atoms. The van der Waals surface area contributed by atoms with Crippen molar-refractivity contribution in [1.29, 1.82) is 0 Å². The molecule has 10 heteroatoms. The lowest BCUT2D eigenvalue weighted by atomic mass is 10.3. The van der Waals surface area contributed by atoms with Gasteiger partial charge in [0, 0.05) is 35.2 Å². The number of hydrogen-bond donors (Lipinski definition) is 4. The molecule has 1 aromatic carbocycles. The molecule has 0 saturated carbocycles. The van der Waals surface area contributed by atoms with Gasteiger partial charge in [-0.15, -0.1) is 0 Å². The van der Waals surface area contributed by atoms with E-state index < -0.39 is 6.03 Å². The summed E-state index contributed by atoms with van der Waals surface area (Å²) in [5.74, 6) is 0.895. The number of aromatic nitrogens is 3. The normalized spacial score (nSPS) is 10.4. The summed E-state index contributed by atoms with van der Waals surface area (Å²) >= 11 is 6.82. The molecule has 4 N–H and O–H groups in total. The van der Waals surface area contributed by atoms with E-state index in [2.05, 4.69) is 35.6 Å². The minimum atomic E-state index is -0.392. The van der Waals surface area contributed by atoms with Crippen LogP contribution in [0.15, 0.2) is 29.4 Å². The third-order valence-electron chi connectivity index (χ3n) is 2.70. The highest BCUT2D eigenvalue weighted by atomic mass is 35.5. The van der Waals surface area contributed by atoms with Gasteiger partial charge in [0.05, 0.1) is 0 Å². The van der Waals surface area contributed by atoms with Crippen molar-refractivity contribution >= 4 is 47.2 Å². The summed E-state index contributed by atoms with van der Waals surface area (Å²) in [4.78, 5) is 24.8. The third kappa shape index (κ3) is 6.63. The maximum Gasteiger partial charge on any atom is 0.329 e. The molecule has 0 radical (unpaired) electrons. The van der Waals surface area contributed by atoms with E-state index in [-0.39, 0.29) is 6.04 Å². The molecule has 0 aliphatic carbocycles. The standard InChI is InChI=1S/C15H20ClN7OS/c1-4-17-12-20-13(18-9(2)3)22-15(21-12)25-23-14(24)19-11-7-5-10(16)6-8-11/h5-9H,4H2,1-3H3,(H2,19,23,24)(H2,17,18,20,21,22). The van der Waals surface area contributed by atoms with Crippen LogP contribution in [0.4, 0.5) is 22.4 Å². The number of anilines is 3. The second-order valence-corrected chi connectivity index (χ2v) is 6.47. The third-order valence-corrected chi connectivity index (χ3v) is 3.61. The number of benzene rings is 1. The van der Waals surface area contributed by atoms with Crippen LogP contribution in [0.5, 0.6) is 0 Å². The first-order valence-electron chi connectivity index (χ1n) is 7.72. The van der Waals surface area contributed by atoms with Crippen LogP contribution >= 0.6 is 23.5 Å². The number of urea groups is 1. The molecule has 2 amide bonds. The average molecular weight is 382 g/mol. The van der Waals surface area contributed by atoms with Gasteiger partial charge in [-0.25, -0.2) is 4.79 Å². The molecule has 0 aliphatic heterocycles. The van der Waals surface area contributed by atoms with E-state index in [1.807, 2.05) is 20.8 Å². The molecule has 1 heterocycles. The van der Waals surface area contributed by atoms with Crippen molar-refractivity contribution in [2.75, 3.05) is 22.5 Å². The first-order chi connectivity index (χ1) is 12.0. The Bertz CT molecular complexity index is 712. The Morgan fingerprint density at radius 1 is 1.16 bits per heavy atom. The van der Waals surface area contributed by atoms with Crippen molar-refractivity contribution in [3.8, 4) is 0 Å². The van der Waals surface area contributed by atoms with Crippen LogP contribution in [-0.2, 0) is 0 Å². The zero-order valence-electron chi connectivity index (χ0n) is 14.1. The lowest BCUT2D eigenvalue weighted by Crippen LogP contribution is -2.23. The van der Waals surface area contributed by atoms with Crippen LogP contribution in [0.3, 0.4) is 0 Å². The fourth-order valence-electron chi connectivity index (χ4n) is 1.74. The monoisotopic (exact) mass is 381 g/mol. The van der Waals surface area contributed by atoms with E-state index in [0.29, 0.717) is 34.3 Å². The zero-order valence-corrected chi connectivity index (χ0v) is 15.7. The van der Waals surface area contributed by atoms with Gasteiger partial charge in [-0.1, -0.05) is 11.6 Å². The van der Waals surface area contributed by atoms with Crippen LogP contribution in [-0.4, -0.2) is 33.6 Å². The molecule has 25 heavy (non-hydrogen) atoms. The number of carbonyl (C=O) groups is 1. The Labute approximate surface area is 155 Å². The lowest BCUT2D eigenvalue weighted by molar-refractivity contribution is 0.257. The SMILES string of the molecule is CCNc1nc(NC(C)C)nc(SNC(=O)Nc2ccc(Cl)cc2)n1. The predicted molar refractivity (Wildman–Crippen MR) is 102 cm³/mol. The quantitative estimate of drug-likeness (QED) is 0.543. The lowest BCUT2D eigenvalue weighted by Gasteiger charge is -2.11. The second kappa shape index (κ2) is 9.28. The van der Waals surface area contributed by atoms with Gasteiger partial charge in [0.2, 0.25) is 17.1 Å². The number of amides is 2. The molecule has 0 fully saturated rings. The molecule has 1 aromatic heterocycles. The molecule has 0 aliphatic rings. The minimum Gasteiger partial charge on any atom is -0.354 e. The maximum atomic E-state index is 12.0. The van der Waals surface area contributed by atoms with Gasteiger partial charge in [0.15, 0.2) is 0 Å². The Balaban J connectivity index is 1.99. The largest absolute Gasteiger partial charge is 0.354 e. The highest BCUT2D eigenvalue weighted by Gasteiger charge is 2.10. The summed E-state index contributed by atoms with van der Waals surface area (Å²) < 4.78 is 2.64. The Morgan fingerprint density at radius 3 is 2.48 bits per heavy atom. The summed E-state index contributed by atoms with van der Waals surface area (Å²) in [5.41, 5.74) is 0.633. The highest BCUT2D eigenvalue weighted by molar-refractivity contribution is 7.97. The van der Waals surface area contributed by atoms with E-state index in [4.69, 9.17) is 11.6 Å². The summed E-state index contributed by atoms with van der Waals surface area (Å²) in [6.07, 6.45) is 0. The van der Waals surface area contributed by atoms with E-state index in [1.165, 1.54) is 0 Å². The number of nitrogens with one attached hydrogen (secondary N) is 4. The van der Waals surface area contributed by atoms with Crippen molar-refractivity contribution in [2.24, 2.45) is 0 Å². The van der Waals surface area contributed by atoms with E-state index in [9.17, 15) is 4.79 Å². The molecule has 2 rings (SSSR count). The van der Waals surface area contributed by atoms with Crippen molar-refractivity contribution in [3.05, 3.63) is 29.3 Å². The molecule has 0 unspecified atom stereocenters. The number of halogens is 1.